The molecule has 0 bridgehead atoms. The van der Waals surface area contributed by atoms with Crippen LogP contribution in [0.15, 0.2) is 261 Å². The number of anilines is 2. The summed E-state index contributed by atoms with van der Waals surface area (Å²) in [6.45, 7) is 4.74. The number of nitrogens with one attached hydrogen (secondary N) is 1. The van der Waals surface area contributed by atoms with Gasteiger partial charge in [-0.3, -0.25) is 0 Å². The summed E-state index contributed by atoms with van der Waals surface area (Å²) in [6.07, 6.45) is 0. The van der Waals surface area contributed by atoms with Gasteiger partial charge in [0.05, 0.1) is 34.2 Å². The van der Waals surface area contributed by atoms with Gasteiger partial charge in [-0.2, -0.15) is 0 Å². The zero-order valence-corrected chi connectivity index (χ0v) is 40.4. The highest BCUT2D eigenvalue weighted by atomic mass is 15.2. The number of hydrogen-bond donors (Lipinski definition) is 2. The zero-order chi connectivity index (χ0) is 48.4. The molecule has 1 heterocycles. The Morgan fingerprint density at radius 1 is 0.444 bits per heavy atom. The molecule has 0 radical (unpaired) electrons. The Morgan fingerprint density at radius 2 is 0.958 bits per heavy atom. The van der Waals surface area contributed by atoms with Crippen molar-refractivity contribution in [1.29, 1.82) is 0 Å². The van der Waals surface area contributed by atoms with E-state index in [2.05, 4.69) is 285 Å². The minimum absolute atomic E-state index is 0.226. The molecule has 0 fully saturated rings. The minimum atomic E-state index is -0.600. The minimum Gasteiger partial charge on any atom is -0.352 e. The molecule has 2 aliphatic carbocycles. The molecule has 3 aliphatic rings. The van der Waals surface area contributed by atoms with Crippen LogP contribution in [-0.2, 0) is 10.8 Å². The maximum absolute atomic E-state index is 7.54. The first-order chi connectivity index (χ1) is 35.4. The fourth-order valence-corrected chi connectivity index (χ4v) is 12.4. The second-order valence-corrected chi connectivity index (χ2v) is 19.8. The molecular weight excluding hydrogens is 871 g/mol. The monoisotopic (exact) mass is 923 g/mol. The molecule has 3 nitrogen and oxygen atoms in total. The van der Waals surface area contributed by atoms with Crippen LogP contribution in [0.3, 0.4) is 0 Å². The maximum Gasteiger partial charge on any atom is 0.0782 e. The van der Waals surface area contributed by atoms with Crippen LogP contribution < -0.4 is 16.0 Å². The van der Waals surface area contributed by atoms with Crippen molar-refractivity contribution in [2.45, 2.75) is 30.7 Å². The Morgan fingerprint density at radius 3 is 1.62 bits per heavy atom. The van der Waals surface area contributed by atoms with E-state index in [4.69, 9.17) is 5.73 Å². The third kappa shape index (κ3) is 6.62. The van der Waals surface area contributed by atoms with E-state index in [1.54, 1.807) is 0 Å². The molecule has 0 aromatic heterocycles. The summed E-state index contributed by atoms with van der Waals surface area (Å²) >= 11 is 0. The first-order valence-electron chi connectivity index (χ1n) is 25.1. The van der Waals surface area contributed by atoms with Gasteiger partial charge < -0.3 is 16.0 Å². The molecule has 0 saturated heterocycles. The normalized spacial score (nSPS) is 15.5. The number of benzene rings is 10. The Kier molecular flexibility index (Phi) is 10.4. The SMILES string of the molecule is CC1(C)c2ccccc2-c2c(N(C3=C(c4ccccc4)N/C(=C(/c4ccccc4)C(N)c4ccccc4)c4ccccc43)c3ccc4c(c3)C(c3ccccc3)(c3ccccc3)c3ccccc3-4)cccc21. The zero-order valence-electron chi connectivity index (χ0n) is 40.4. The highest BCUT2D eigenvalue weighted by molar-refractivity contribution is 6.13. The van der Waals surface area contributed by atoms with Crippen LogP contribution >= 0.6 is 0 Å². The third-order valence-electron chi connectivity index (χ3n) is 15.6. The van der Waals surface area contributed by atoms with Crippen molar-refractivity contribution in [3.63, 3.8) is 0 Å². The van der Waals surface area contributed by atoms with Crippen molar-refractivity contribution in [2.24, 2.45) is 5.73 Å². The van der Waals surface area contributed by atoms with Gasteiger partial charge in [0.1, 0.15) is 0 Å². The fraction of sp³-hybridized carbons (Fsp3) is 0.0725. The van der Waals surface area contributed by atoms with E-state index in [0.29, 0.717) is 0 Å². The summed E-state index contributed by atoms with van der Waals surface area (Å²) in [7, 11) is 0. The van der Waals surface area contributed by atoms with Crippen LogP contribution in [0.4, 0.5) is 11.4 Å². The van der Waals surface area contributed by atoms with Gasteiger partial charge in [0.2, 0.25) is 0 Å². The van der Waals surface area contributed by atoms with Crippen LogP contribution in [0.2, 0.25) is 0 Å². The average Bonchev–Trinajstić information content (AvgIpc) is 3.88. The van der Waals surface area contributed by atoms with Crippen molar-refractivity contribution < 1.29 is 0 Å². The van der Waals surface area contributed by atoms with Gasteiger partial charge in [0, 0.05) is 38.9 Å². The molecule has 1 aliphatic heterocycles. The first kappa shape index (κ1) is 43.3. The average molecular weight is 924 g/mol. The van der Waals surface area contributed by atoms with Gasteiger partial charge >= 0.3 is 0 Å². The van der Waals surface area contributed by atoms with Crippen LogP contribution in [0.1, 0.15) is 81.1 Å². The van der Waals surface area contributed by atoms with Crippen LogP contribution in [0, 0.1) is 0 Å². The van der Waals surface area contributed by atoms with Gasteiger partial charge in [0.25, 0.3) is 0 Å². The summed E-state index contributed by atoms with van der Waals surface area (Å²) in [5.41, 5.74) is 30.9. The Hall–Kier alpha value is -8.76. The molecule has 3 N–H and O–H groups in total. The van der Waals surface area contributed by atoms with E-state index in [1.165, 1.54) is 55.6 Å². The third-order valence-corrected chi connectivity index (χ3v) is 15.6. The summed E-state index contributed by atoms with van der Waals surface area (Å²) in [5, 5.41) is 4.22. The van der Waals surface area contributed by atoms with Crippen molar-refractivity contribution >= 4 is 34.0 Å². The molecular formula is C69H53N3. The molecule has 1 atom stereocenters. The Labute approximate surface area is 422 Å². The molecule has 13 rings (SSSR count). The smallest absolute Gasteiger partial charge is 0.0782 e. The molecule has 3 heteroatoms. The van der Waals surface area contributed by atoms with Crippen molar-refractivity contribution in [1.82, 2.24) is 5.32 Å². The standard InChI is InChI=1S/C69H53N3/c1-68(2)57-39-22-21-38-56(57)63-59(68)41-24-42-61(63)72(51-43-44-53-52-35-20-23-40-58(52)69(60(53)45-51,49-31-14-6-15-32-49)50-33-16-7-17-34-50)67-55-37-19-18-36-54(55)66(71-65(67)48-29-12-5-13-30-48)62(46-25-8-3-9-26-46)64(70)47-27-10-4-11-28-47/h3-45,64,71H,70H2,1-2H3/b66-62-. The van der Waals surface area contributed by atoms with E-state index >= 15 is 0 Å². The summed E-state index contributed by atoms with van der Waals surface area (Å²) in [4.78, 5) is 2.57. The lowest BCUT2D eigenvalue weighted by Gasteiger charge is -2.39. The summed E-state index contributed by atoms with van der Waals surface area (Å²) < 4.78 is 0. The molecule has 344 valence electrons. The van der Waals surface area contributed by atoms with Gasteiger partial charge in [-0.25, -0.2) is 0 Å². The van der Waals surface area contributed by atoms with E-state index < -0.39 is 11.5 Å². The molecule has 0 amide bonds. The molecule has 10 aromatic carbocycles. The van der Waals surface area contributed by atoms with E-state index in [9.17, 15) is 0 Å². The quantitative estimate of drug-likeness (QED) is 0.152. The number of nitrogens with two attached hydrogens (primary N) is 1. The lowest BCUT2D eigenvalue weighted by Crippen LogP contribution is -2.30. The predicted octanol–water partition coefficient (Wildman–Crippen LogP) is 16.2. The summed E-state index contributed by atoms with van der Waals surface area (Å²) in [6, 6.07) is 94.9. The molecule has 72 heavy (non-hydrogen) atoms. The molecule has 0 saturated carbocycles. The van der Waals surface area contributed by atoms with Crippen molar-refractivity contribution in [3.8, 4) is 22.3 Å². The first-order valence-corrected chi connectivity index (χ1v) is 25.1. The largest absolute Gasteiger partial charge is 0.352 e. The van der Waals surface area contributed by atoms with Gasteiger partial charge in [-0.05, 0) is 79.4 Å². The fourth-order valence-electron chi connectivity index (χ4n) is 12.4. The molecule has 0 spiro atoms. The van der Waals surface area contributed by atoms with Crippen LogP contribution in [0.25, 0.3) is 44.9 Å². The molecule has 10 aromatic rings. The second kappa shape index (κ2) is 17.3. The van der Waals surface area contributed by atoms with Gasteiger partial charge in [0.15, 0.2) is 0 Å². The van der Waals surface area contributed by atoms with Crippen LogP contribution in [-0.4, -0.2) is 0 Å². The highest BCUT2D eigenvalue weighted by Crippen LogP contribution is 2.59. The topological polar surface area (TPSA) is 41.3 Å². The predicted molar refractivity (Wildman–Crippen MR) is 299 cm³/mol. The maximum atomic E-state index is 7.54. The van der Waals surface area contributed by atoms with Gasteiger partial charge in [-0.1, -0.05) is 257 Å². The van der Waals surface area contributed by atoms with Gasteiger partial charge in [-0.15, -0.1) is 0 Å². The summed E-state index contributed by atoms with van der Waals surface area (Å²) in [5.74, 6) is 0. The Balaban J connectivity index is 1.16. The highest BCUT2D eigenvalue weighted by Gasteiger charge is 2.47. The van der Waals surface area contributed by atoms with E-state index in [1.807, 2.05) is 0 Å². The Bertz CT molecular complexity index is 3700. The number of nitrogens with zero attached hydrogens (tertiary/aromatic N) is 1. The lowest BCUT2D eigenvalue weighted by molar-refractivity contribution is 0.660. The van der Waals surface area contributed by atoms with Crippen molar-refractivity contribution in [2.75, 3.05) is 4.90 Å². The number of rotatable bonds is 9. The van der Waals surface area contributed by atoms with Crippen LogP contribution in [0.5, 0.6) is 0 Å². The number of fused-ring (bicyclic) bond motifs is 7. The second-order valence-electron chi connectivity index (χ2n) is 19.8. The number of hydrogen-bond acceptors (Lipinski definition) is 3. The van der Waals surface area contributed by atoms with E-state index in [0.717, 1.165) is 61.9 Å². The molecule has 1 unspecified atom stereocenters. The lowest BCUT2D eigenvalue weighted by atomic mass is 9.67. The van der Waals surface area contributed by atoms with Crippen molar-refractivity contribution in [3.05, 3.63) is 322 Å². The van der Waals surface area contributed by atoms with E-state index in [-0.39, 0.29) is 5.41 Å².